The van der Waals surface area contributed by atoms with E-state index < -0.39 is 5.97 Å². The summed E-state index contributed by atoms with van der Waals surface area (Å²) in [5, 5.41) is 10.8. The van der Waals surface area contributed by atoms with Gasteiger partial charge < -0.3 is 5.11 Å². The monoisotopic (exact) mass is 247 g/mol. The molecule has 0 saturated heterocycles. The van der Waals surface area contributed by atoms with Crippen molar-refractivity contribution in [2.75, 3.05) is 0 Å². The Labute approximate surface area is 104 Å². The average molecular weight is 247 g/mol. The molecule has 0 aromatic carbocycles. The molecule has 0 aliphatic rings. The van der Waals surface area contributed by atoms with Gasteiger partial charge in [-0.25, -0.2) is 4.79 Å². The number of nitrogens with zero attached hydrogens (tertiary/aromatic N) is 1. The van der Waals surface area contributed by atoms with Crippen LogP contribution in [0.15, 0.2) is 29.8 Å². The third-order valence-electron chi connectivity index (χ3n) is 2.61. The highest BCUT2D eigenvalue weighted by Gasteiger charge is 2.12. The van der Waals surface area contributed by atoms with Gasteiger partial charge in [-0.2, -0.15) is 0 Å². The average Bonchev–Trinajstić information content (AvgIpc) is 2.78. The van der Waals surface area contributed by atoms with Crippen LogP contribution in [-0.4, -0.2) is 16.1 Å². The predicted octanol–water partition coefficient (Wildman–Crippen LogP) is 2.99. The fourth-order valence-corrected chi connectivity index (χ4v) is 2.39. The fraction of sp³-hybridized carbons (Fsp3) is 0.231. The van der Waals surface area contributed by atoms with Crippen LogP contribution >= 0.6 is 11.3 Å². The molecule has 2 aromatic rings. The number of aromatic carboxylic acids is 1. The smallest absolute Gasteiger partial charge is 0.346 e. The number of pyridine rings is 1. The molecule has 2 rings (SSSR count). The standard InChI is InChI=1S/C13H13NO2S/c1-2-9-3-4-11(14-8-9)7-10-5-6-17-12(10)13(15)16/h3-6,8H,2,7H2,1H3,(H,15,16). The van der Waals surface area contributed by atoms with E-state index >= 15 is 0 Å². The van der Waals surface area contributed by atoms with Crippen LogP contribution in [-0.2, 0) is 12.8 Å². The van der Waals surface area contributed by atoms with Crippen molar-refractivity contribution in [2.24, 2.45) is 0 Å². The molecule has 2 aromatic heterocycles. The van der Waals surface area contributed by atoms with Crippen LogP contribution in [0.3, 0.4) is 0 Å². The largest absolute Gasteiger partial charge is 0.477 e. The molecule has 0 bridgehead atoms. The zero-order valence-corrected chi connectivity index (χ0v) is 10.3. The molecule has 0 aliphatic carbocycles. The minimum Gasteiger partial charge on any atom is -0.477 e. The van der Waals surface area contributed by atoms with Crippen molar-refractivity contribution in [3.8, 4) is 0 Å². The predicted molar refractivity (Wildman–Crippen MR) is 67.7 cm³/mol. The van der Waals surface area contributed by atoms with Gasteiger partial charge in [-0.05, 0) is 35.1 Å². The van der Waals surface area contributed by atoms with Crippen molar-refractivity contribution in [1.29, 1.82) is 0 Å². The van der Waals surface area contributed by atoms with E-state index in [-0.39, 0.29) is 0 Å². The second-order valence-corrected chi connectivity index (χ2v) is 4.68. The van der Waals surface area contributed by atoms with Crippen LogP contribution in [0.25, 0.3) is 0 Å². The third kappa shape index (κ3) is 2.71. The summed E-state index contributed by atoms with van der Waals surface area (Å²) in [6.45, 7) is 2.08. The summed E-state index contributed by atoms with van der Waals surface area (Å²) in [7, 11) is 0. The Balaban J connectivity index is 2.19. The molecular weight excluding hydrogens is 234 g/mol. The molecule has 0 fully saturated rings. The van der Waals surface area contributed by atoms with E-state index in [1.54, 1.807) is 5.38 Å². The first-order valence-electron chi connectivity index (χ1n) is 5.44. The van der Waals surface area contributed by atoms with E-state index in [0.717, 1.165) is 17.7 Å². The van der Waals surface area contributed by atoms with Crippen LogP contribution < -0.4 is 0 Å². The molecule has 0 aliphatic heterocycles. The molecular formula is C13H13NO2S. The van der Waals surface area contributed by atoms with Crippen molar-refractivity contribution in [2.45, 2.75) is 19.8 Å². The molecule has 17 heavy (non-hydrogen) atoms. The van der Waals surface area contributed by atoms with Crippen molar-refractivity contribution >= 4 is 17.3 Å². The van der Waals surface area contributed by atoms with Gasteiger partial charge >= 0.3 is 5.97 Å². The second kappa shape index (κ2) is 5.10. The zero-order chi connectivity index (χ0) is 12.3. The molecule has 0 spiro atoms. The van der Waals surface area contributed by atoms with Gasteiger partial charge in [0.1, 0.15) is 4.88 Å². The Hall–Kier alpha value is -1.68. The van der Waals surface area contributed by atoms with Gasteiger partial charge in [0.2, 0.25) is 0 Å². The molecule has 1 N–H and O–H groups in total. The number of hydrogen-bond acceptors (Lipinski definition) is 3. The van der Waals surface area contributed by atoms with Crippen molar-refractivity contribution in [3.63, 3.8) is 0 Å². The molecule has 3 nitrogen and oxygen atoms in total. The number of hydrogen-bond donors (Lipinski definition) is 1. The molecule has 4 heteroatoms. The molecule has 0 radical (unpaired) electrons. The maximum atomic E-state index is 11.0. The van der Waals surface area contributed by atoms with Crippen molar-refractivity contribution in [1.82, 2.24) is 4.98 Å². The van der Waals surface area contributed by atoms with Gasteiger partial charge in [-0.1, -0.05) is 13.0 Å². The highest BCUT2D eigenvalue weighted by atomic mass is 32.1. The Bertz CT molecular complexity index is 516. The van der Waals surface area contributed by atoms with Crippen LogP contribution in [0, 0.1) is 0 Å². The van der Waals surface area contributed by atoms with Crippen molar-refractivity contribution < 1.29 is 9.90 Å². The summed E-state index contributed by atoms with van der Waals surface area (Å²) < 4.78 is 0. The Morgan fingerprint density at radius 1 is 1.41 bits per heavy atom. The first-order chi connectivity index (χ1) is 8.20. The summed E-state index contributed by atoms with van der Waals surface area (Å²) in [6.07, 6.45) is 3.39. The number of carboxylic acids is 1. The number of carboxylic acid groups (broad SMARTS) is 1. The number of aryl methyl sites for hydroxylation is 1. The highest BCUT2D eigenvalue weighted by molar-refractivity contribution is 7.12. The third-order valence-corrected chi connectivity index (χ3v) is 3.55. The van der Waals surface area contributed by atoms with Crippen molar-refractivity contribution in [3.05, 3.63) is 51.5 Å². The topological polar surface area (TPSA) is 50.2 Å². The summed E-state index contributed by atoms with van der Waals surface area (Å²) >= 11 is 1.26. The Morgan fingerprint density at radius 2 is 2.24 bits per heavy atom. The van der Waals surface area contributed by atoms with E-state index in [2.05, 4.69) is 11.9 Å². The van der Waals surface area contributed by atoms with E-state index in [9.17, 15) is 4.79 Å². The van der Waals surface area contributed by atoms with E-state index in [1.165, 1.54) is 16.9 Å². The first-order valence-corrected chi connectivity index (χ1v) is 6.32. The summed E-state index contributed by atoms with van der Waals surface area (Å²) in [5.74, 6) is -0.861. The summed E-state index contributed by atoms with van der Waals surface area (Å²) in [4.78, 5) is 15.7. The van der Waals surface area contributed by atoms with Gasteiger partial charge in [0, 0.05) is 18.3 Å². The molecule has 0 unspecified atom stereocenters. The SMILES string of the molecule is CCc1ccc(Cc2ccsc2C(=O)O)nc1. The van der Waals surface area contributed by atoms with Crippen LogP contribution in [0.4, 0.5) is 0 Å². The molecule has 0 amide bonds. The molecule has 0 atom stereocenters. The van der Waals surface area contributed by atoms with E-state index in [4.69, 9.17) is 5.11 Å². The number of aromatic nitrogens is 1. The van der Waals surface area contributed by atoms with Crippen LogP contribution in [0.2, 0.25) is 0 Å². The fourth-order valence-electron chi connectivity index (χ4n) is 1.63. The van der Waals surface area contributed by atoms with E-state index in [0.29, 0.717) is 11.3 Å². The lowest BCUT2D eigenvalue weighted by molar-refractivity contribution is 0.0701. The Kier molecular flexibility index (Phi) is 3.54. The number of rotatable bonds is 4. The minimum atomic E-state index is -0.861. The maximum Gasteiger partial charge on any atom is 0.346 e. The van der Waals surface area contributed by atoms with Gasteiger partial charge in [0.25, 0.3) is 0 Å². The van der Waals surface area contributed by atoms with Gasteiger partial charge in [-0.3, -0.25) is 4.98 Å². The second-order valence-electron chi connectivity index (χ2n) is 3.77. The maximum absolute atomic E-state index is 11.0. The van der Waals surface area contributed by atoms with Gasteiger partial charge in [0.15, 0.2) is 0 Å². The van der Waals surface area contributed by atoms with Crippen LogP contribution in [0.1, 0.15) is 33.4 Å². The van der Waals surface area contributed by atoms with Gasteiger partial charge in [-0.15, -0.1) is 11.3 Å². The summed E-state index contributed by atoms with van der Waals surface area (Å²) in [5.41, 5.74) is 2.93. The number of thiophene rings is 1. The molecule has 0 saturated carbocycles. The Morgan fingerprint density at radius 3 is 2.82 bits per heavy atom. The first kappa shape index (κ1) is 11.8. The lowest BCUT2D eigenvalue weighted by Crippen LogP contribution is -1.99. The highest BCUT2D eigenvalue weighted by Crippen LogP contribution is 2.19. The molecule has 2 heterocycles. The normalized spacial score (nSPS) is 10.4. The zero-order valence-electron chi connectivity index (χ0n) is 9.51. The summed E-state index contributed by atoms with van der Waals surface area (Å²) in [6, 6.07) is 5.85. The minimum absolute atomic E-state index is 0.409. The quantitative estimate of drug-likeness (QED) is 0.903. The van der Waals surface area contributed by atoms with Crippen LogP contribution in [0.5, 0.6) is 0 Å². The van der Waals surface area contributed by atoms with E-state index in [1.807, 2.05) is 24.4 Å². The van der Waals surface area contributed by atoms with Gasteiger partial charge in [0.05, 0.1) is 0 Å². The lowest BCUT2D eigenvalue weighted by Gasteiger charge is -2.02. The lowest BCUT2D eigenvalue weighted by atomic mass is 10.1. The number of carbonyl (C=O) groups is 1. The molecule has 88 valence electrons.